The van der Waals surface area contributed by atoms with Gasteiger partial charge in [-0.2, -0.15) is 5.10 Å². The molecule has 0 aliphatic carbocycles. The van der Waals surface area contributed by atoms with E-state index >= 15 is 0 Å². The summed E-state index contributed by atoms with van der Waals surface area (Å²) >= 11 is 0. The van der Waals surface area contributed by atoms with Crippen LogP contribution < -0.4 is 11.1 Å². The fraction of sp³-hybridized carbons (Fsp3) is 0.286. The number of benzene rings is 1. The van der Waals surface area contributed by atoms with Crippen LogP contribution in [0.3, 0.4) is 0 Å². The van der Waals surface area contributed by atoms with E-state index in [1.165, 1.54) is 0 Å². The molecule has 1 atom stereocenters. The lowest BCUT2D eigenvalue weighted by Gasteiger charge is -2.15. The molecule has 1 heterocycles. The zero-order chi connectivity index (χ0) is 13.5. The third-order valence-electron chi connectivity index (χ3n) is 2.95. The number of nitrogens with zero attached hydrogens (tertiary/aromatic N) is 2. The number of halogens is 1. The van der Waals surface area contributed by atoms with Gasteiger partial charge in [-0.3, -0.25) is 9.48 Å². The Balaban J connectivity index is 0.00000200. The van der Waals surface area contributed by atoms with Gasteiger partial charge in [0, 0.05) is 25.5 Å². The quantitative estimate of drug-likeness (QED) is 0.840. The summed E-state index contributed by atoms with van der Waals surface area (Å²) in [6.45, 7) is 1.51. The first-order valence-electron chi connectivity index (χ1n) is 6.31. The van der Waals surface area contributed by atoms with Crippen LogP contribution in [0.15, 0.2) is 48.8 Å². The summed E-state index contributed by atoms with van der Waals surface area (Å²) < 4.78 is 1.78. The predicted octanol–water partition coefficient (Wildman–Crippen LogP) is 1.16. The number of hydrogen-bond acceptors (Lipinski definition) is 3. The molecule has 5 nitrogen and oxygen atoms in total. The van der Waals surface area contributed by atoms with Crippen molar-refractivity contribution in [3.8, 4) is 0 Å². The first kappa shape index (κ1) is 16.2. The topological polar surface area (TPSA) is 72.9 Å². The van der Waals surface area contributed by atoms with Gasteiger partial charge >= 0.3 is 0 Å². The van der Waals surface area contributed by atoms with Crippen LogP contribution in [0.4, 0.5) is 0 Å². The molecule has 20 heavy (non-hydrogen) atoms. The highest BCUT2D eigenvalue weighted by molar-refractivity contribution is 5.85. The normalized spacial score (nSPS) is 11.4. The minimum absolute atomic E-state index is 0. The lowest BCUT2D eigenvalue weighted by molar-refractivity contribution is -0.122. The summed E-state index contributed by atoms with van der Waals surface area (Å²) in [6.07, 6.45) is 3.58. The first-order chi connectivity index (χ1) is 9.31. The van der Waals surface area contributed by atoms with Crippen molar-refractivity contribution in [1.29, 1.82) is 0 Å². The Labute approximate surface area is 124 Å². The van der Waals surface area contributed by atoms with Crippen LogP contribution in [0, 0.1) is 0 Å². The molecule has 0 fully saturated rings. The second-order valence-corrected chi connectivity index (χ2v) is 4.26. The van der Waals surface area contributed by atoms with Gasteiger partial charge in [0.1, 0.15) is 0 Å². The molecule has 0 saturated carbocycles. The Hall–Kier alpha value is -1.85. The van der Waals surface area contributed by atoms with Gasteiger partial charge in [-0.15, -0.1) is 12.4 Å². The molecular weight excluding hydrogens is 276 g/mol. The lowest BCUT2D eigenvalue weighted by atomic mass is 9.98. The summed E-state index contributed by atoms with van der Waals surface area (Å²) in [4.78, 5) is 12.1. The van der Waals surface area contributed by atoms with Gasteiger partial charge in [0.05, 0.1) is 12.5 Å². The van der Waals surface area contributed by atoms with Gasteiger partial charge in [0.25, 0.3) is 0 Å². The Morgan fingerprint density at radius 1 is 1.30 bits per heavy atom. The SMILES string of the molecule is Cl.NCC(C(=O)NCCn1cccn1)c1ccccc1. The minimum Gasteiger partial charge on any atom is -0.354 e. The molecule has 6 heteroatoms. The molecule has 1 unspecified atom stereocenters. The van der Waals surface area contributed by atoms with Crippen LogP contribution in [0.25, 0.3) is 0 Å². The summed E-state index contributed by atoms with van der Waals surface area (Å²) in [5.41, 5.74) is 6.64. The van der Waals surface area contributed by atoms with Crippen molar-refractivity contribution in [2.24, 2.45) is 5.73 Å². The number of hydrogen-bond donors (Lipinski definition) is 2. The van der Waals surface area contributed by atoms with E-state index in [2.05, 4.69) is 10.4 Å². The average molecular weight is 295 g/mol. The molecule has 0 aliphatic heterocycles. The van der Waals surface area contributed by atoms with E-state index in [0.717, 1.165) is 5.56 Å². The number of carbonyl (C=O) groups is 1. The van der Waals surface area contributed by atoms with Gasteiger partial charge in [0.2, 0.25) is 5.91 Å². The average Bonchev–Trinajstić information content (AvgIpc) is 2.94. The largest absolute Gasteiger partial charge is 0.354 e. The molecule has 2 aromatic rings. The minimum atomic E-state index is -0.293. The fourth-order valence-corrected chi connectivity index (χ4v) is 1.93. The number of nitrogens with one attached hydrogen (secondary N) is 1. The maximum absolute atomic E-state index is 12.1. The molecule has 0 saturated heterocycles. The molecule has 0 bridgehead atoms. The number of rotatable bonds is 6. The van der Waals surface area contributed by atoms with Gasteiger partial charge in [-0.1, -0.05) is 30.3 Å². The molecule has 3 N–H and O–H groups in total. The van der Waals surface area contributed by atoms with E-state index in [0.29, 0.717) is 19.6 Å². The zero-order valence-corrected chi connectivity index (χ0v) is 11.9. The summed E-state index contributed by atoms with van der Waals surface area (Å²) in [6, 6.07) is 11.4. The summed E-state index contributed by atoms with van der Waals surface area (Å²) in [7, 11) is 0. The maximum atomic E-state index is 12.1. The maximum Gasteiger partial charge on any atom is 0.228 e. The predicted molar refractivity (Wildman–Crippen MR) is 80.7 cm³/mol. The van der Waals surface area contributed by atoms with Crippen LogP contribution in [-0.4, -0.2) is 28.8 Å². The van der Waals surface area contributed by atoms with Gasteiger partial charge < -0.3 is 11.1 Å². The number of carbonyl (C=O) groups excluding carboxylic acids is 1. The van der Waals surface area contributed by atoms with Crippen molar-refractivity contribution < 1.29 is 4.79 Å². The third kappa shape index (κ3) is 4.36. The van der Waals surface area contributed by atoms with E-state index < -0.39 is 0 Å². The lowest BCUT2D eigenvalue weighted by Crippen LogP contribution is -2.35. The molecule has 1 amide bonds. The fourth-order valence-electron chi connectivity index (χ4n) is 1.93. The number of amides is 1. The second-order valence-electron chi connectivity index (χ2n) is 4.26. The highest BCUT2D eigenvalue weighted by atomic mass is 35.5. The molecule has 2 rings (SSSR count). The van der Waals surface area contributed by atoms with Crippen molar-refractivity contribution >= 4 is 18.3 Å². The standard InChI is InChI=1S/C14H18N4O.ClH/c15-11-13(12-5-2-1-3-6-12)14(19)16-8-10-18-9-4-7-17-18;/h1-7,9,13H,8,10-11,15H2,(H,16,19);1H. The highest BCUT2D eigenvalue weighted by Gasteiger charge is 2.17. The Kier molecular flexibility index (Phi) is 6.76. The van der Waals surface area contributed by atoms with E-state index in [9.17, 15) is 4.79 Å². The molecule has 0 aliphatic rings. The first-order valence-corrected chi connectivity index (χ1v) is 6.31. The Morgan fingerprint density at radius 3 is 2.65 bits per heavy atom. The molecular formula is C14H19ClN4O. The molecule has 0 spiro atoms. The summed E-state index contributed by atoms with van der Waals surface area (Å²) in [5.74, 6) is -0.334. The van der Waals surface area contributed by atoms with Crippen molar-refractivity contribution in [2.75, 3.05) is 13.1 Å². The van der Waals surface area contributed by atoms with Gasteiger partial charge in [-0.05, 0) is 11.6 Å². The van der Waals surface area contributed by atoms with Gasteiger partial charge in [-0.25, -0.2) is 0 Å². The summed E-state index contributed by atoms with van der Waals surface area (Å²) in [5, 5.41) is 6.97. The van der Waals surface area contributed by atoms with Crippen LogP contribution in [0.5, 0.6) is 0 Å². The molecule has 1 aromatic heterocycles. The van der Waals surface area contributed by atoms with Crippen LogP contribution in [0.1, 0.15) is 11.5 Å². The number of aromatic nitrogens is 2. The van der Waals surface area contributed by atoms with Crippen LogP contribution >= 0.6 is 12.4 Å². The van der Waals surface area contributed by atoms with Crippen LogP contribution in [-0.2, 0) is 11.3 Å². The van der Waals surface area contributed by atoms with E-state index in [-0.39, 0.29) is 24.2 Å². The van der Waals surface area contributed by atoms with Crippen molar-refractivity contribution in [3.63, 3.8) is 0 Å². The second kappa shape index (κ2) is 8.35. The Bertz CT molecular complexity index is 501. The number of nitrogens with two attached hydrogens (primary N) is 1. The third-order valence-corrected chi connectivity index (χ3v) is 2.95. The van der Waals surface area contributed by atoms with E-state index in [1.54, 1.807) is 10.9 Å². The van der Waals surface area contributed by atoms with Gasteiger partial charge in [0.15, 0.2) is 0 Å². The molecule has 1 aromatic carbocycles. The van der Waals surface area contributed by atoms with Crippen molar-refractivity contribution in [3.05, 3.63) is 54.4 Å². The van der Waals surface area contributed by atoms with Crippen molar-refractivity contribution in [1.82, 2.24) is 15.1 Å². The molecule has 0 radical (unpaired) electrons. The molecule has 108 valence electrons. The zero-order valence-electron chi connectivity index (χ0n) is 11.1. The van der Waals surface area contributed by atoms with E-state index in [4.69, 9.17) is 5.73 Å². The van der Waals surface area contributed by atoms with Crippen molar-refractivity contribution in [2.45, 2.75) is 12.5 Å². The van der Waals surface area contributed by atoms with E-state index in [1.807, 2.05) is 42.6 Å². The monoisotopic (exact) mass is 294 g/mol. The Morgan fingerprint density at radius 2 is 2.05 bits per heavy atom. The van der Waals surface area contributed by atoms with Crippen LogP contribution in [0.2, 0.25) is 0 Å². The smallest absolute Gasteiger partial charge is 0.228 e. The highest BCUT2D eigenvalue weighted by Crippen LogP contribution is 2.13.